The van der Waals surface area contributed by atoms with Gasteiger partial charge in [-0.1, -0.05) is 0 Å². The molecule has 1 aliphatic heterocycles. The highest BCUT2D eigenvalue weighted by molar-refractivity contribution is 7.88. The molecule has 1 fully saturated rings. The van der Waals surface area contributed by atoms with Crippen molar-refractivity contribution in [2.24, 2.45) is 0 Å². The first-order valence-electron chi connectivity index (χ1n) is 7.27. The van der Waals surface area contributed by atoms with Gasteiger partial charge in [-0.2, -0.15) is 0 Å². The zero-order valence-corrected chi connectivity index (χ0v) is 14.0. The average Bonchev–Trinajstić information content (AvgIpc) is 2.87. The Hall–Kier alpha value is -0.700. The van der Waals surface area contributed by atoms with Crippen LogP contribution in [0.3, 0.4) is 0 Å². The highest BCUT2D eigenvalue weighted by Crippen LogP contribution is 2.10. The largest absolute Gasteiger partial charge is 0.376 e. The van der Waals surface area contributed by atoms with Crippen molar-refractivity contribution in [1.82, 2.24) is 14.5 Å². The molecule has 1 saturated heterocycles. The quantitative estimate of drug-likeness (QED) is 0.619. The van der Waals surface area contributed by atoms with E-state index in [1.165, 1.54) is 10.6 Å². The van der Waals surface area contributed by atoms with Crippen molar-refractivity contribution in [3.05, 3.63) is 0 Å². The van der Waals surface area contributed by atoms with Crippen LogP contribution < -0.4 is 5.32 Å². The first kappa shape index (κ1) is 18.3. The Morgan fingerprint density at radius 2 is 2.00 bits per heavy atom. The van der Waals surface area contributed by atoms with E-state index in [1.807, 2.05) is 19.0 Å². The minimum absolute atomic E-state index is 0.105. The van der Waals surface area contributed by atoms with Gasteiger partial charge in [0.15, 0.2) is 0 Å². The monoisotopic (exact) mass is 321 g/mol. The molecule has 124 valence electrons. The van der Waals surface area contributed by atoms with Gasteiger partial charge in [-0.25, -0.2) is 12.7 Å². The van der Waals surface area contributed by atoms with Crippen LogP contribution in [-0.2, 0) is 19.6 Å². The highest BCUT2D eigenvalue weighted by Gasteiger charge is 2.19. The van der Waals surface area contributed by atoms with E-state index in [0.29, 0.717) is 19.6 Å². The lowest BCUT2D eigenvalue weighted by Gasteiger charge is -2.21. The number of carbonyl (C=O) groups is 1. The van der Waals surface area contributed by atoms with Crippen LogP contribution in [0.4, 0.5) is 0 Å². The van der Waals surface area contributed by atoms with E-state index in [9.17, 15) is 13.2 Å². The van der Waals surface area contributed by atoms with E-state index >= 15 is 0 Å². The molecule has 0 aliphatic carbocycles. The first-order chi connectivity index (χ1) is 9.79. The topological polar surface area (TPSA) is 79.0 Å². The molecule has 1 atom stereocenters. The highest BCUT2D eigenvalue weighted by atomic mass is 32.2. The van der Waals surface area contributed by atoms with Gasteiger partial charge in [-0.3, -0.25) is 4.79 Å². The Kier molecular flexibility index (Phi) is 7.58. The van der Waals surface area contributed by atoms with E-state index < -0.39 is 10.0 Å². The molecule has 0 spiro atoms. The number of rotatable bonds is 9. The molecular formula is C13H27N3O4S. The summed E-state index contributed by atoms with van der Waals surface area (Å²) in [6.07, 6.45) is 3.46. The SMILES string of the molecule is CN(C)CCN(CCC(=O)NCC1CCCO1)S(C)(=O)=O. The number of ether oxygens (including phenoxy) is 1. The second-order valence-corrected chi connectivity index (χ2v) is 7.64. The van der Waals surface area contributed by atoms with Gasteiger partial charge in [0.05, 0.1) is 12.4 Å². The Bertz CT molecular complexity index is 419. The molecule has 1 aliphatic rings. The standard InChI is InChI=1S/C13H27N3O4S/c1-15(2)8-9-16(21(3,18)19)7-6-13(17)14-11-12-5-4-10-20-12/h12H,4-11H2,1-3H3,(H,14,17). The first-order valence-corrected chi connectivity index (χ1v) is 9.12. The summed E-state index contributed by atoms with van der Waals surface area (Å²) in [5, 5.41) is 2.80. The molecule has 1 unspecified atom stereocenters. The second-order valence-electron chi connectivity index (χ2n) is 5.65. The van der Waals surface area contributed by atoms with Crippen LogP contribution in [0.1, 0.15) is 19.3 Å². The van der Waals surface area contributed by atoms with Crippen molar-refractivity contribution < 1.29 is 17.9 Å². The predicted molar refractivity (Wildman–Crippen MR) is 81.6 cm³/mol. The van der Waals surface area contributed by atoms with Gasteiger partial charge in [-0.05, 0) is 26.9 Å². The lowest BCUT2D eigenvalue weighted by Crippen LogP contribution is -2.39. The summed E-state index contributed by atoms with van der Waals surface area (Å²) < 4.78 is 30.1. The molecule has 1 rings (SSSR count). The maximum absolute atomic E-state index is 11.8. The van der Waals surface area contributed by atoms with E-state index in [0.717, 1.165) is 19.4 Å². The summed E-state index contributed by atoms with van der Waals surface area (Å²) >= 11 is 0. The molecule has 1 N–H and O–H groups in total. The number of hydrogen-bond donors (Lipinski definition) is 1. The van der Waals surface area contributed by atoms with Crippen molar-refractivity contribution in [2.75, 3.05) is 53.1 Å². The fraction of sp³-hybridized carbons (Fsp3) is 0.923. The molecule has 7 nitrogen and oxygen atoms in total. The molecule has 8 heteroatoms. The van der Waals surface area contributed by atoms with E-state index in [4.69, 9.17) is 4.74 Å². The van der Waals surface area contributed by atoms with E-state index in [1.54, 1.807) is 0 Å². The van der Waals surface area contributed by atoms with Crippen LogP contribution in [0, 0.1) is 0 Å². The molecule has 0 saturated carbocycles. The summed E-state index contributed by atoms with van der Waals surface area (Å²) in [6, 6.07) is 0. The number of carbonyl (C=O) groups excluding carboxylic acids is 1. The number of hydrogen-bond acceptors (Lipinski definition) is 5. The molecule has 0 aromatic rings. The molecule has 21 heavy (non-hydrogen) atoms. The fourth-order valence-corrected chi connectivity index (χ4v) is 2.94. The summed E-state index contributed by atoms with van der Waals surface area (Å²) in [6.45, 7) is 2.50. The number of nitrogens with zero attached hydrogens (tertiary/aromatic N) is 2. The average molecular weight is 321 g/mol. The van der Waals surface area contributed by atoms with Crippen LogP contribution >= 0.6 is 0 Å². The van der Waals surface area contributed by atoms with E-state index in [2.05, 4.69) is 5.32 Å². The molecular weight excluding hydrogens is 294 g/mol. The Morgan fingerprint density at radius 3 is 2.52 bits per heavy atom. The van der Waals surface area contributed by atoms with Crippen LogP contribution in [0.5, 0.6) is 0 Å². The number of likely N-dealkylation sites (N-methyl/N-ethyl adjacent to an activating group) is 1. The number of sulfonamides is 1. The van der Waals surface area contributed by atoms with Crippen molar-refractivity contribution in [1.29, 1.82) is 0 Å². The second kappa shape index (κ2) is 8.67. The zero-order valence-electron chi connectivity index (χ0n) is 13.2. The number of nitrogens with one attached hydrogen (secondary N) is 1. The predicted octanol–water partition coefficient (Wildman–Crippen LogP) is -0.505. The smallest absolute Gasteiger partial charge is 0.221 e. The molecule has 1 heterocycles. The van der Waals surface area contributed by atoms with Crippen molar-refractivity contribution >= 4 is 15.9 Å². The van der Waals surface area contributed by atoms with Gasteiger partial charge in [0.2, 0.25) is 15.9 Å². The van der Waals surface area contributed by atoms with Gasteiger partial charge >= 0.3 is 0 Å². The van der Waals surface area contributed by atoms with Gasteiger partial charge < -0.3 is 15.0 Å². The molecule has 0 aromatic carbocycles. The summed E-state index contributed by atoms with van der Waals surface area (Å²) in [5.74, 6) is -0.135. The van der Waals surface area contributed by atoms with Crippen LogP contribution in [0.2, 0.25) is 0 Å². The fourth-order valence-electron chi connectivity index (χ4n) is 2.10. The third-order valence-corrected chi connectivity index (χ3v) is 4.71. The van der Waals surface area contributed by atoms with Gasteiger partial charge in [-0.15, -0.1) is 0 Å². The minimum atomic E-state index is -3.28. The van der Waals surface area contributed by atoms with Crippen molar-refractivity contribution in [2.45, 2.75) is 25.4 Å². The summed E-state index contributed by atoms with van der Waals surface area (Å²) in [7, 11) is 0.483. The number of amides is 1. The third-order valence-electron chi connectivity index (χ3n) is 3.40. The maximum atomic E-state index is 11.8. The lowest BCUT2D eigenvalue weighted by molar-refractivity contribution is -0.121. The third kappa shape index (κ3) is 7.75. The maximum Gasteiger partial charge on any atom is 0.221 e. The Labute approximate surface area is 127 Å². The molecule has 0 aromatic heterocycles. The Balaban J connectivity index is 2.32. The molecule has 0 bridgehead atoms. The van der Waals surface area contributed by atoms with Crippen molar-refractivity contribution in [3.63, 3.8) is 0 Å². The summed E-state index contributed by atoms with van der Waals surface area (Å²) in [5.41, 5.74) is 0. The van der Waals surface area contributed by atoms with Crippen LogP contribution in [-0.4, -0.2) is 82.8 Å². The normalized spacial score (nSPS) is 19.4. The molecule has 1 amide bonds. The lowest BCUT2D eigenvalue weighted by atomic mass is 10.2. The van der Waals surface area contributed by atoms with Crippen LogP contribution in [0.15, 0.2) is 0 Å². The zero-order chi connectivity index (χ0) is 15.9. The molecule has 0 radical (unpaired) electrons. The summed E-state index contributed by atoms with van der Waals surface area (Å²) in [4.78, 5) is 13.7. The van der Waals surface area contributed by atoms with Gasteiger partial charge in [0.1, 0.15) is 0 Å². The van der Waals surface area contributed by atoms with E-state index in [-0.39, 0.29) is 25.0 Å². The Morgan fingerprint density at radius 1 is 1.29 bits per heavy atom. The minimum Gasteiger partial charge on any atom is -0.376 e. The van der Waals surface area contributed by atoms with Gasteiger partial charge in [0, 0.05) is 39.2 Å². The van der Waals surface area contributed by atoms with Crippen LogP contribution in [0.25, 0.3) is 0 Å². The van der Waals surface area contributed by atoms with Gasteiger partial charge in [0.25, 0.3) is 0 Å². The van der Waals surface area contributed by atoms with Crippen molar-refractivity contribution in [3.8, 4) is 0 Å².